The Hall–Kier alpha value is -1.67. The smallest absolute Gasteiger partial charge is 0.0750 e. The van der Waals surface area contributed by atoms with Crippen molar-refractivity contribution in [1.82, 2.24) is 4.98 Å². The number of pyridine rings is 1. The second-order valence-electron chi connectivity index (χ2n) is 4.19. The summed E-state index contributed by atoms with van der Waals surface area (Å²) in [6, 6.07) is 20.8. The normalized spacial score (nSPS) is 10.7. The van der Waals surface area contributed by atoms with Gasteiger partial charge >= 0.3 is 0 Å². The number of hydrogen-bond donors (Lipinski definition) is 0. The van der Waals surface area contributed by atoms with E-state index >= 15 is 0 Å². The molecule has 1 heterocycles. The Kier molecular flexibility index (Phi) is 3.11. The molecule has 3 aromatic rings. The van der Waals surface area contributed by atoms with Crippen LogP contribution in [0, 0.1) is 0 Å². The van der Waals surface area contributed by atoms with Crippen molar-refractivity contribution in [3.8, 4) is 11.3 Å². The third kappa shape index (κ3) is 2.04. The van der Waals surface area contributed by atoms with Gasteiger partial charge in [0.05, 0.1) is 11.2 Å². The maximum absolute atomic E-state index is 4.79. The highest BCUT2D eigenvalue weighted by Crippen LogP contribution is 2.26. The van der Waals surface area contributed by atoms with E-state index in [0.29, 0.717) is 0 Å². The Morgan fingerprint density at radius 1 is 0.889 bits per heavy atom. The lowest BCUT2D eigenvalue weighted by Crippen LogP contribution is -1.92. The average Bonchev–Trinajstić information content (AvgIpc) is 2.46. The number of rotatable bonds is 2. The molecule has 3 rings (SSSR count). The lowest BCUT2D eigenvalue weighted by atomic mass is 10.0. The van der Waals surface area contributed by atoms with Crippen molar-refractivity contribution in [3.63, 3.8) is 0 Å². The number of hydrogen-bond acceptors (Lipinski definition) is 1. The molecule has 2 heteroatoms. The molecule has 1 nitrogen and oxygen atoms in total. The predicted octanol–water partition coefficient (Wildman–Crippen LogP) is 4.80. The zero-order chi connectivity index (χ0) is 12.4. The Balaban J connectivity index is 2.27. The molecular weight excluding hydrogens is 286 g/mol. The van der Waals surface area contributed by atoms with Crippen LogP contribution in [0.1, 0.15) is 5.56 Å². The van der Waals surface area contributed by atoms with Crippen LogP contribution in [0.3, 0.4) is 0 Å². The standard InChI is InChI=1S/C16H12BrN/c17-11-14-10-13-8-4-5-9-15(13)18-16(14)12-6-2-1-3-7-12/h1-10H,11H2. The van der Waals surface area contributed by atoms with Crippen LogP contribution in [0.15, 0.2) is 60.7 Å². The van der Waals surface area contributed by atoms with Crippen LogP contribution in [-0.2, 0) is 5.33 Å². The lowest BCUT2D eigenvalue weighted by Gasteiger charge is -2.08. The van der Waals surface area contributed by atoms with E-state index in [4.69, 9.17) is 4.98 Å². The minimum absolute atomic E-state index is 0.815. The molecule has 88 valence electrons. The van der Waals surface area contributed by atoms with E-state index < -0.39 is 0 Å². The third-order valence-corrected chi connectivity index (χ3v) is 3.60. The van der Waals surface area contributed by atoms with E-state index in [1.807, 2.05) is 30.3 Å². The van der Waals surface area contributed by atoms with Gasteiger partial charge in [-0.3, -0.25) is 0 Å². The molecule has 1 aromatic heterocycles. The van der Waals surface area contributed by atoms with Crippen molar-refractivity contribution in [3.05, 3.63) is 66.2 Å². The first-order valence-corrected chi connectivity index (χ1v) is 7.00. The third-order valence-electron chi connectivity index (χ3n) is 2.99. The number of para-hydroxylation sites is 1. The SMILES string of the molecule is BrCc1cc2ccccc2nc1-c1ccccc1. The van der Waals surface area contributed by atoms with Crippen molar-refractivity contribution in [2.24, 2.45) is 0 Å². The van der Waals surface area contributed by atoms with Crippen LogP contribution < -0.4 is 0 Å². The highest BCUT2D eigenvalue weighted by molar-refractivity contribution is 9.08. The van der Waals surface area contributed by atoms with Gasteiger partial charge in [-0.15, -0.1) is 0 Å². The summed E-state index contributed by atoms with van der Waals surface area (Å²) in [4.78, 5) is 4.79. The molecule has 0 aliphatic rings. The van der Waals surface area contributed by atoms with Gasteiger partial charge in [0.15, 0.2) is 0 Å². The molecule has 0 unspecified atom stereocenters. The Labute approximate surface area is 115 Å². The van der Waals surface area contributed by atoms with Gasteiger partial charge in [-0.05, 0) is 17.7 Å². The number of alkyl halides is 1. The van der Waals surface area contributed by atoms with E-state index in [1.54, 1.807) is 0 Å². The van der Waals surface area contributed by atoms with Crippen LogP contribution in [0.4, 0.5) is 0 Å². The Morgan fingerprint density at radius 2 is 1.61 bits per heavy atom. The van der Waals surface area contributed by atoms with Crippen molar-refractivity contribution < 1.29 is 0 Å². The zero-order valence-electron chi connectivity index (χ0n) is 9.81. The van der Waals surface area contributed by atoms with Crippen LogP contribution in [0.5, 0.6) is 0 Å². The maximum Gasteiger partial charge on any atom is 0.0750 e. The second-order valence-corrected chi connectivity index (χ2v) is 4.75. The number of nitrogens with zero attached hydrogens (tertiary/aromatic N) is 1. The molecule has 0 atom stereocenters. The van der Waals surface area contributed by atoms with Crippen molar-refractivity contribution >= 4 is 26.8 Å². The predicted molar refractivity (Wildman–Crippen MR) is 79.8 cm³/mol. The molecule has 0 radical (unpaired) electrons. The van der Waals surface area contributed by atoms with Crippen molar-refractivity contribution in [2.45, 2.75) is 5.33 Å². The molecular formula is C16H12BrN. The maximum atomic E-state index is 4.79. The summed E-state index contributed by atoms with van der Waals surface area (Å²) in [5.74, 6) is 0. The molecule has 0 saturated heterocycles. The van der Waals surface area contributed by atoms with Gasteiger partial charge in [0.25, 0.3) is 0 Å². The van der Waals surface area contributed by atoms with E-state index in [0.717, 1.165) is 22.1 Å². The first-order chi connectivity index (χ1) is 8.88. The summed E-state index contributed by atoms with van der Waals surface area (Å²) in [5.41, 5.74) is 4.49. The van der Waals surface area contributed by atoms with Gasteiger partial charge in [0.2, 0.25) is 0 Å². The molecule has 0 amide bonds. The van der Waals surface area contributed by atoms with E-state index in [-0.39, 0.29) is 0 Å². The highest BCUT2D eigenvalue weighted by Gasteiger charge is 2.07. The number of fused-ring (bicyclic) bond motifs is 1. The van der Waals surface area contributed by atoms with Crippen molar-refractivity contribution in [2.75, 3.05) is 0 Å². The summed E-state index contributed by atoms with van der Waals surface area (Å²) in [5, 5.41) is 2.00. The van der Waals surface area contributed by atoms with Crippen LogP contribution in [0.25, 0.3) is 22.2 Å². The van der Waals surface area contributed by atoms with Crippen LogP contribution in [-0.4, -0.2) is 4.98 Å². The molecule has 0 bridgehead atoms. The molecule has 18 heavy (non-hydrogen) atoms. The monoisotopic (exact) mass is 297 g/mol. The minimum atomic E-state index is 0.815. The molecule has 0 saturated carbocycles. The van der Waals surface area contributed by atoms with Crippen LogP contribution >= 0.6 is 15.9 Å². The second kappa shape index (κ2) is 4.91. The number of benzene rings is 2. The summed E-state index contributed by atoms with van der Waals surface area (Å²) >= 11 is 3.55. The lowest BCUT2D eigenvalue weighted by molar-refractivity contribution is 1.32. The summed E-state index contributed by atoms with van der Waals surface area (Å²) in [7, 11) is 0. The summed E-state index contributed by atoms with van der Waals surface area (Å²) < 4.78 is 0. The van der Waals surface area contributed by atoms with E-state index in [2.05, 4.69) is 46.3 Å². The quantitative estimate of drug-likeness (QED) is 0.619. The first-order valence-electron chi connectivity index (χ1n) is 5.88. The van der Waals surface area contributed by atoms with Gasteiger partial charge in [-0.2, -0.15) is 0 Å². The molecule has 0 fully saturated rings. The van der Waals surface area contributed by atoms with Gasteiger partial charge in [-0.25, -0.2) is 4.98 Å². The molecule has 0 spiro atoms. The van der Waals surface area contributed by atoms with Crippen molar-refractivity contribution in [1.29, 1.82) is 0 Å². The molecule has 0 N–H and O–H groups in total. The summed E-state index contributed by atoms with van der Waals surface area (Å²) in [6.45, 7) is 0. The fraction of sp³-hybridized carbons (Fsp3) is 0.0625. The molecule has 0 aliphatic carbocycles. The Bertz CT molecular complexity index is 677. The van der Waals surface area contributed by atoms with E-state index in [1.165, 1.54) is 10.9 Å². The first kappa shape index (κ1) is 11.4. The van der Waals surface area contributed by atoms with Gasteiger partial charge in [0.1, 0.15) is 0 Å². The van der Waals surface area contributed by atoms with Crippen LogP contribution in [0.2, 0.25) is 0 Å². The van der Waals surface area contributed by atoms with Gasteiger partial charge < -0.3 is 0 Å². The topological polar surface area (TPSA) is 12.9 Å². The number of halogens is 1. The number of aromatic nitrogens is 1. The molecule has 2 aromatic carbocycles. The summed E-state index contributed by atoms with van der Waals surface area (Å²) in [6.07, 6.45) is 0. The van der Waals surface area contributed by atoms with E-state index in [9.17, 15) is 0 Å². The van der Waals surface area contributed by atoms with Gasteiger partial charge in [-0.1, -0.05) is 64.5 Å². The Morgan fingerprint density at radius 3 is 2.39 bits per heavy atom. The largest absolute Gasteiger partial charge is 0.247 e. The van der Waals surface area contributed by atoms with Gasteiger partial charge in [0, 0.05) is 16.3 Å². The molecule has 0 aliphatic heterocycles. The zero-order valence-corrected chi connectivity index (χ0v) is 11.4. The average molecular weight is 298 g/mol. The minimum Gasteiger partial charge on any atom is -0.247 e. The fourth-order valence-corrected chi connectivity index (χ4v) is 2.53. The fourth-order valence-electron chi connectivity index (χ4n) is 2.11. The highest BCUT2D eigenvalue weighted by atomic mass is 79.9.